The summed E-state index contributed by atoms with van der Waals surface area (Å²) in [7, 11) is 1.56. The van der Waals surface area contributed by atoms with E-state index in [4.69, 9.17) is 0 Å². The van der Waals surface area contributed by atoms with E-state index >= 15 is 0 Å². The summed E-state index contributed by atoms with van der Waals surface area (Å²) in [6.45, 7) is 0. The van der Waals surface area contributed by atoms with Crippen molar-refractivity contribution in [3.8, 4) is 11.3 Å². The van der Waals surface area contributed by atoms with Gasteiger partial charge in [0.2, 0.25) is 0 Å². The van der Waals surface area contributed by atoms with Crippen molar-refractivity contribution < 1.29 is 18.0 Å². The normalized spacial score (nSPS) is 10.9. The highest BCUT2D eigenvalue weighted by atomic mass is 127. The molecule has 1 unspecified atom stereocenters. The predicted octanol–water partition coefficient (Wildman–Crippen LogP) is 5.84. The van der Waals surface area contributed by atoms with Crippen LogP contribution in [0.5, 0.6) is 0 Å². The second-order valence-electron chi connectivity index (χ2n) is 6.79. The lowest BCUT2D eigenvalue weighted by Gasteiger charge is -2.14. The van der Waals surface area contributed by atoms with Crippen LogP contribution in [0.25, 0.3) is 22.4 Å². The molecule has 5 rings (SSSR count). The smallest absolute Gasteiger partial charge is 0.185 e. The first-order chi connectivity index (χ1) is 17.1. The largest absolute Gasteiger partial charge is 0.462 e. The van der Waals surface area contributed by atoms with Crippen molar-refractivity contribution in [1.82, 2.24) is 24.3 Å². The average molecular weight is 607 g/mol. The minimum Gasteiger partial charge on any atom is -0.462 e. The summed E-state index contributed by atoms with van der Waals surface area (Å²) in [5.41, 5.74) is 2.24. The van der Waals surface area contributed by atoms with Gasteiger partial charge in [-0.1, -0.05) is 0 Å². The molecule has 0 saturated carbocycles. The molecule has 4 heterocycles. The van der Waals surface area contributed by atoms with Crippen LogP contribution in [0, 0.1) is 11.6 Å². The minimum atomic E-state index is -0.734. The monoisotopic (exact) mass is 607 g/mol. The maximum Gasteiger partial charge on any atom is 0.185 e. The summed E-state index contributed by atoms with van der Waals surface area (Å²) >= 11 is 2.24. The number of carbonyl (C=O) groups is 1. The lowest BCUT2D eigenvalue weighted by molar-refractivity contribution is 0.110. The molecule has 13 heteroatoms. The van der Waals surface area contributed by atoms with Gasteiger partial charge in [0.1, 0.15) is 41.2 Å². The molecule has 0 saturated heterocycles. The molecule has 0 spiro atoms. The Morgan fingerprint density at radius 2 is 1.97 bits per heavy atom. The summed E-state index contributed by atoms with van der Waals surface area (Å²) in [4.78, 5) is 27.1. The number of carbonyl (C=O) groups excluding carboxylic acids is 1. The van der Waals surface area contributed by atoms with Gasteiger partial charge >= 0.3 is 0 Å². The molecule has 2 N–H and O–H groups in total. The number of benzene rings is 1. The molecule has 0 fully saturated rings. The van der Waals surface area contributed by atoms with Crippen LogP contribution in [0.1, 0.15) is 10.6 Å². The van der Waals surface area contributed by atoms with Crippen LogP contribution in [0.2, 0.25) is 0 Å². The van der Waals surface area contributed by atoms with Crippen molar-refractivity contribution in [2.45, 2.75) is 0 Å². The van der Waals surface area contributed by atoms with Gasteiger partial charge in [-0.3, -0.25) is 9.13 Å². The van der Waals surface area contributed by atoms with Crippen LogP contribution in [0.4, 0.5) is 26.0 Å². The van der Waals surface area contributed by atoms with Gasteiger partial charge < -0.3 is 15.1 Å². The molecule has 1 aromatic carbocycles. The van der Waals surface area contributed by atoms with Crippen LogP contribution in [-0.2, 0) is 0 Å². The lowest BCUT2D eigenvalue weighted by Crippen LogP contribution is -2.04. The number of hydrogen-bond acceptors (Lipinski definition) is 8. The van der Waals surface area contributed by atoms with Crippen LogP contribution in [-0.4, -0.2) is 37.6 Å². The average Bonchev–Trinajstić information content (AvgIpc) is 3.57. The Bertz CT molecular complexity index is 1460. The topological polar surface area (TPSA) is 111 Å². The molecule has 0 radical (unpaired) electrons. The summed E-state index contributed by atoms with van der Waals surface area (Å²) in [5.74, 6) is -0.821. The Kier molecular flexibility index (Phi) is 7.93. The van der Waals surface area contributed by atoms with Gasteiger partial charge in [-0.05, 0) is 58.4 Å². The first kappa shape index (κ1) is 24.6. The molecule has 9 nitrogen and oxygen atoms in total. The van der Waals surface area contributed by atoms with Crippen LogP contribution in [0.3, 0.4) is 0 Å². The zero-order valence-electron chi connectivity index (χ0n) is 18.0. The summed E-state index contributed by atoms with van der Waals surface area (Å²) in [5, 5.41) is 5.46. The van der Waals surface area contributed by atoms with Crippen molar-refractivity contribution in [3.05, 3.63) is 78.9 Å². The maximum atomic E-state index is 14.6. The minimum absolute atomic E-state index is 0.174. The summed E-state index contributed by atoms with van der Waals surface area (Å²) < 4.78 is 35.4. The van der Waals surface area contributed by atoms with Crippen molar-refractivity contribution in [1.29, 1.82) is 0 Å². The fourth-order valence-electron chi connectivity index (χ4n) is 3.13. The zero-order chi connectivity index (χ0) is 24.8. The molecule has 0 aliphatic rings. The van der Waals surface area contributed by atoms with E-state index in [-0.39, 0.29) is 17.2 Å². The Labute approximate surface area is 212 Å². The molecule has 0 bridgehead atoms. The van der Waals surface area contributed by atoms with E-state index in [2.05, 4.69) is 57.0 Å². The van der Waals surface area contributed by atoms with E-state index in [9.17, 15) is 13.6 Å². The number of aldehydes is 1. The highest BCUT2D eigenvalue weighted by Gasteiger charge is 2.19. The van der Waals surface area contributed by atoms with Crippen LogP contribution >= 0.6 is 28.4 Å². The Hall–Kier alpha value is -3.51. The summed E-state index contributed by atoms with van der Waals surface area (Å²) in [6, 6.07) is 9.28. The lowest BCUT2D eigenvalue weighted by atomic mass is 10.1. The number of halogens is 3. The van der Waals surface area contributed by atoms with Gasteiger partial charge in [-0.25, -0.2) is 28.7 Å². The van der Waals surface area contributed by atoms with Gasteiger partial charge in [-0.15, -0.1) is 0 Å². The molecule has 5 aromatic rings. The van der Waals surface area contributed by atoms with Gasteiger partial charge in [0.05, 0.1) is 18.3 Å². The number of hydrogen-bond donors (Lipinski definition) is 2. The molecular weight excluding hydrogens is 590 g/mol. The molecule has 4 aromatic heterocycles. The molecule has 1 atom stereocenters. The number of imidazole rings is 1. The van der Waals surface area contributed by atoms with Crippen LogP contribution in [0.15, 0.2) is 65.9 Å². The number of rotatable bonds is 6. The number of aromatic nitrogens is 5. The molecule has 35 heavy (non-hydrogen) atoms. The predicted molar refractivity (Wildman–Crippen MR) is 140 cm³/mol. The molecule has 0 amide bonds. The van der Waals surface area contributed by atoms with Gasteiger partial charge in [0, 0.05) is 18.8 Å². The van der Waals surface area contributed by atoms with Crippen molar-refractivity contribution >= 4 is 63.1 Å². The SMILES string of the molecule is CNc1ccc(F)c(Nc2ncccc2-c2ncnc3c2ncn3PI)c1F.O=Cc1ccco1. The molecule has 0 aliphatic carbocycles. The quantitative estimate of drug-likeness (QED) is 0.141. The third-order valence-electron chi connectivity index (χ3n) is 4.75. The van der Waals surface area contributed by atoms with Crippen LogP contribution < -0.4 is 10.6 Å². The Morgan fingerprint density at radius 3 is 2.66 bits per heavy atom. The Balaban J connectivity index is 0.000000356. The highest BCUT2D eigenvalue weighted by Crippen LogP contribution is 2.35. The third-order valence-corrected chi connectivity index (χ3v) is 6.82. The molecule has 0 aliphatic heterocycles. The standard InChI is InChI=1S/C17H13F2IN7P.C5H4O2/c1-21-11-5-4-10(18)14(12(11)19)26-16-9(3-2-6-22-16)13-15-17(24-7-23-13)27(28-20)8-25-15;6-4-5-2-1-3-7-5/h2-8,21,28H,1H3,(H,22,26);1-4H. The van der Waals surface area contributed by atoms with Gasteiger partial charge in [-0.2, -0.15) is 0 Å². The highest BCUT2D eigenvalue weighted by molar-refractivity contribution is 14.2. The number of nitrogens with zero attached hydrogens (tertiary/aromatic N) is 5. The number of furan rings is 1. The van der Waals surface area contributed by atoms with E-state index in [0.717, 1.165) is 0 Å². The van der Waals surface area contributed by atoms with Gasteiger partial charge in [0.15, 0.2) is 23.5 Å². The van der Waals surface area contributed by atoms with Gasteiger partial charge in [0.25, 0.3) is 0 Å². The molecular formula is C22H17F2IN7O2P. The zero-order valence-corrected chi connectivity index (χ0v) is 21.2. The van der Waals surface area contributed by atoms with Crippen molar-refractivity contribution in [3.63, 3.8) is 0 Å². The van der Waals surface area contributed by atoms with E-state index in [1.54, 1.807) is 37.6 Å². The van der Waals surface area contributed by atoms with Crippen molar-refractivity contribution in [2.75, 3.05) is 17.7 Å². The third kappa shape index (κ3) is 5.28. The second kappa shape index (κ2) is 11.3. The fourth-order valence-corrected chi connectivity index (χ4v) is 4.53. The fraction of sp³-hybridized carbons (Fsp3) is 0.0455. The number of pyridine rings is 1. The first-order valence-electron chi connectivity index (χ1n) is 9.99. The number of nitrogens with one attached hydrogen (secondary N) is 2. The second-order valence-corrected chi connectivity index (χ2v) is 8.88. The number of anilines is 3. The summed E-state index contributed by atoms with van der Waals surface area (Å²) in [6.07, 6.45) is 7.22. The Morgan fingerprint density at radius 1 is 1.11 bits per heavy atom. The van der Waals surface area contributed by atoms with E-state index in [0.29, 0.717) is 40.8 Å². The van der Waals surface area contributed by atoms with Crippen molar-refractivity contribution in [2.24, 2.45) is 0 Å². The number of fused-ring (bicyclic) bond motifs is 1. The van der Waals surface area contributed by atoms with E-state index < -0.39 is 11.6 Å². The molecule has 178 valence electrons. The first-order valence-corrected chi connectivity index (χ1v) is 14.0. The maximum absolute atomic E-state index is 14.6. The van der Waals surface area contributed by atoms with E-state index in [1.165, 1.54) is 30.9 Å². The van der Waals surface area contributed by atoms with E-state index in [1.807, 2.05) is 4.34 Å².